The van der Waals surface area contributed by atoms with Crippen molar-refractivity contribution >= 4 is 11.9 Å². The second-order valence-corrected chi connectivity index (χ2v) is 7.24. The van der Waals surface area contributed by atoms with Crippen molar-refractivity contribution in [3.63, 3.8) is 0 Å². The van der Waals surface area contributed by atoms with E-state index in [1.54, 1.807) is 4.90 Å². The van der Waals surface area contributed by atoms with Crippen LogP contribution >= 0.6 is 0 Å². The molecule has 0 unspecified atom stereocenters. The van der Waals surface area contributed by atoms with Crippen molar-refractivity contribution in [2.45, 2.75) is 56.8 Å². The number of nitrogens with one attached hydrogen (secondary N) is 2. The predicted octanol–water partition coefficient (Wildman–Crippen LogP) is 1.43. The Kier molecular flexibility index (Phi) is 4.50. The minimum Gasteiger partial charge on any atom is -0.352 e. The number of carbonyl (C=O) groups is 1. The van der Waals surface area contributed by atoms with Crippen LogP contribution in [0.5, 0.6) is 0 Å². The van der Waals surface area contributed by atoms with E-state index in [1.807, 2.05) is 0 Å². The molecule has 1 saturated heterocycles. The van der Waals surface area contributed by atoms with Crippen LogP contribution in [0.15, 0.2) is 0 Å². The summed E-state index contributed by atoms with van der Waals surface area (Å²) < 4.78 is 40.5. The van der Waals surface area contributed by atoms with Gasteiger partial charge in [-0.1, -0.05) is 0 Å². The van der Waals surface area contributed by atoms with Crippen molar-refractivity contribution in [2.75, 3.05) is 24.5 Å². The highest BCUT2D eigenvalue weighted by molar-refractivity contribution is 5.83. The van der Waals surface area contributed by atoms with Crippen LogP contribution in [0.2, 0.25) is 0 Å². The lowest BCUT2D eigenvalue weighted by molar-refractivity contribution is -0.142. The second-order valence-electron chi connectivity index (χ2n) is 7.24. The first-order valence-corrected chi connectivity index (χ1v) is 9.17. The number of hydrogen-bond donors (Lipinski definition) is 2. The molecule has 2 N–H and O–H groups in total. The molecule has 2 fully saturated rings. The topological polar surface area (TPSA) is 70.2 Å². The van der Waals surface area contributed by atoms with E-state index in [0.717, 1.165) is 25.7 Å². The van der Waals surface area contributed by atoms with E-state index in [2.05, 4.69) is 20.6 Å². The minimum absolute atomic E-state index is 0.0868. The van der Waals surface area contributed by atoms with Gasteiger partial charge < -0.3 is 15.5 Å². The Balaban J connectivity index is 1.59. The molecule has 1 aromatic rings. The summed E-state index contributed by atoms with van der Waals surface area (Å²) in [7, 11) is 0. The number of aryl methyl sites for hydroxylation is 1. The van der Waals surface area contributed by atoms with Crippen LogP contribution in [0.4, 0.5) is 19.1 Å². The molecule has 2 heterocycles. The first kappa shape index (κ1) is 17.5. The van der Waals surface area contributed by atoms with Crippen molar-refractivity contribution < 1.29 is 18.0 Å². The van der Waals surface area contributed by atoms with Gasteiger partial charge in [0.15, 0.2) is 5.69 Å². The quantitative estimate of drug-likeness (QED) is 0.844. The number of alkyl halides is 3. The standard InChI is InChI=1S/C17H22F3N5O/c18-17(19,20)14-11-3-1-2-4-12(11)23-16(24-14)25-8-7-21-13(9-25)15(26)22-10-5-6-10/h10,13,21H,1-9H2,(H,22,26)/t13-/m0/s1. The van der Waals surface area contributed by atoms with Crippen molar-refractivity contribution in [3.8, 4) is 0 Å². The lowest BCUT2D eigenvalue weighted by atomic mass is 9.94. The van der Waals surface area contributed by atoms with E-state index in [0.29, 0.717) is 31.6 Å². The molecule has 1 aliphatic heterocycles. The molecule has 1 atom stereocenters. The molecule has 0 aromatic carbocycles. The molecule has 142 valence electrons. The van der Waals surface area contributed by atoms with Crippen molar-refractivity contribution in [1.82, 2.24) is 20.6 Å². The van der Waals surface area contributed by atoms with Gasteiger partial charge in [-0.25, -0.2) is 9.97 Å². The molecular weight excluding hydrogens is 347 g/mol. The number of rotatable bonds is 3. The summed E-state index contributed by atoms with van der Waals surface area (Å²) in [5.41, 5.74) is -0.0635. The fourth-order valence-corrected chi connectivity index (χ4v) is 3.59. The van der Waals surface area contributed by atoms with E-state index in [4.69, 9.17) is 0 Å². The van der Waals surface area contributed by atoms with Crippen LogP contribution in [0.1, 0.15) is 42.6 Å². The molecule has 3 aliphatic rings. The number of hydrogen-bond acceptors (Lipinski definition) is 5. The third kappa shape index (κ3) is 3.62. The highest BCUT2D eigenvalue weighted by atomic mass is 19.4. The van der Waals surface area contributed by atoms with Gasteiger partial charge in [-0.3, -0.25) is 4.79 Å². The molecule has 0 spiro atoms. The van der Waals surface area contributed by atoms with E-state index < -0.39 is 17.9 Å². The third-order valence-electron chi connectivity index (χ3n) is 5.14. The van der Waals surface area contributed by atoms with Gasteiger partial charge in [0.05, 0.1) is 0 Å². The third-order valence-corrected chi connectivity index (χ3v) is 5.14. The summed E-state index contributed by atoms with van der Waals surface area (Å²) in [6, 6.07) is -0.213. The van der Waals surface area contributed by atoms with E-state index >= 15 is 0 Å². The minimum atomic E-state index is -4.49. The molecule has 4 rings (SSSR count). The zero-order chi connectivity index (χ0) is 18.3. The van der Waals surface area contributed by atoms with Crippen LogP contribution in [0.3, 0.4) is 0 Å². The maximum Gasteiger partial charge on any atom is 0.433 e. The highest BCUT2D eigenvalue weighted by Gasteiger charge is 2.39. The number of halogens is 3. The normalized spacial score (nSPS) is 23.5. The van der Waals surface area contributed by atoms with Gasteiger partial charge in [-0.05, 0) is 38.5 Å². The molecule has 6 nitrogen and oxygen atoms in total. The summed E-state index contributed by atoms with van der Waals surface area (Å²) >= 11 is 0. The van der Waals surface area contributed by atoms with Crippen LogP contribution in [-0.2, 0) is 23.8 Å². The maximum absolute atomic E-state index is 13.5. The first-order valence-electron chi connectivity index (χ1n) is 9.17. The van der Waals surface area contributed by atoms with Crippen molar-refractivity contribution in [1.29, 1.82) is 0 Å². The van der Waals surface area contributed by atoms with Gasteiger partial charge in [0.2, 0.25) is 11.9 Å². The van der Waals surface area contributed by atoms with Gasteiger partial charge in [0, 0.05) is 36.9 Å². The summed E-state index contributed by atoms with van der Waals surface area (Å²) in [6.45, 7) is 1.25. The van der Waals surface area contributed by atoms with Gasteiger partial charge in [-0.2, -0.15) is 13.2 Å². The zero-order valence-corrected chi connectivity index (χ0v) is 14.4. The Hall–Kier alpha value is -1.90. The second kappa shape index (κ2) is 6.68. The maximum atomic E-state index is 13.5. The van der Waals surface area contributed by atoms with Crippen molar-refractivity contribution in [2.24, 2.45) is 0 Å². The summed E-state index contributed by atoms with van der Waals surface area (Å²) in [4.78, 5) is 22.3. The van der Waals surface area contributed by atoms with Crippen LogP contribution in [0, 0.1) is 0 Å². The number of fused-ring (bicyclic) bond motifs is 1. The van der Waals surface area contributed by atoms with Crippen LogP contribution in [-0.4, -0.2) is 47.6 Å². The summed E-state index contributed by atoms with van der Waals surface area (Å²) in [5.74, 6) is -0.0186. The summed E-state index contributed by atoms with van der Waals surface area (Å²) in [6.07, 6.45) is -0.0133. The van der Waals surface area contributed by atoms with Crippen LogP contribution in [0.25, 0.3) is 0 Å². The lowest BCUT2D eigenvalue weighted by Crippen LogP contribution is -2.58. The van der Waals surface area contributed by atoms with E-state index in [9.17, 15) is 18.0 Å². The SMILES string of the molecule is O=C(NC1CC1)[C@@H]1CN(c2nc3c(c(C(F)(F)F)n2)CCCC3)CCN1. The van der Waals surface area contributed by atoms with E-state index in [1.165, 1.54) is 0 Å². The Bertz CT molecular complexity index is 704. The number of carbonyl (C=O) groups excluding carboxylic acids is 1. The number of aromatic nitrogens is 2. The average molecular weight is 369 g/mol. The molecule has 9 heteroatoms. The number of piperazine rings is 1. The molecule has 1 amide bonds. The largest absolute Gasteiger partial charge is 0.433 e. The van der Waals surface area contributed by atoms with Gasteiger partial charge in [0.25, 0.3) is 0 Å². The Morgan fingerprint density at radius 2 is 1.96 bits per heavy atom. The first-order chi connectivity index (χ1) is 12.4. The Morgan fingerprint density at radius 1 is 1.19 bits per heavy atom. The van der Waals surface area contributed by atoms with E-state index in [-0.39, 0.29) is 30.0 Å². The molecule has 0 radical (unpaired) electrons. The predicted molar refractivity (Wildman–Crippen MR) is 88.8 cm³/mol. The fraction of sp³-hybridized carbons (Fsp3) is 0.706. The Morgan fingerprint density at radius 3 is 2.69 bits per heavy atom. The number of amides is 1. The molecular formula is C17H22F3N5O. The molecule has 2 aliphatic carbocycles. The van der Waals surface area contributed by atoms with Gasteiger partial charge >= 0.3 is 6.18 Å². The molecule has 1 aromatic heterocycles. The lowest BCUT2D eigenvalue weighted by Gasteiger charge is -2.34. The van der Waals surface area contributed by atoms with Gasteiger partial charge in [0.1, 0.15) is 6.04 Å². The van der Waals surface area contributed by atoms with Crippen LogP contribution < -0.4 is 15.5 Å². The average Bonchev–Trinajstić information content (AvgIpc) is 3.44. The zero-order valence-electron chi connectivity index (χ0n) is 14.4. The fourth-order valence-electron chi connectivity index (χ4n) is 3.59. The molecule has 0 bridgehead atoms. The summed E-state index contributed by atoms with van der Waals surface area (Å²) in [5, 5.41) is 6.06. The van der Waals surface area contributed by atoms with Gasteiger partial charge in [-0.15, -0.1) is 0 Å². The number of nitrogens with zero attached hydrogens (tertiary/aromatic N) is 3. The highest BCUT2D eigenvalue weighted by Crippen LogP contribution is 2.35. The Labute approximate surface area is 149 Å². The monoisotopic (exact) mass is 369 g/mol. The van der Waals surface area contributed by atoms with Crippen molar-refractivity contribution in [3.05, 3.63) is 17.0 Å². The molecule has 26 heavy (non-hydrogen) atoms. The smallest absolute Gasteiger partial charge is 0.352 e. The molecule has 1 saturated carbocycles. The number of anilines is 1.